The third-order valence-electron chi connectivity index (χ3n) is 10.3. The molecule has 3 aliphatic rings. The largest absolute Gasteiger partial charge is 0.494 e. The number of nitrogens with zero attached hydrogens (tertiary/aromatic N) is 3. The lowest BCUT2D eigenvalue weighted by Gasteiger charge is -2.36. The van der Waals surface area contributed by atoms with Crippen LogP contribution in [0.1, 0.15) is 47.8 Å². The highest BCUT2D eigenvalue weighted by Gasteiger charge is 2.62. The van der Waals surface area contributed by atoms with E-state index in [0.717, 1.165) is 4.31 Å². The van der Waals surface area contributed by atoms with Crippen molar-refractivity contribution in [1.82, 2.24) is 24.2 Å². The highest BCUT2D eigenvalue weighted by atomic mass is 35.5. The maximum absolute atomic E-state index is 14.8. The Morgan fingerprint density at radius 1 is 1.12 bits per heavy atom. The van der Waals surface area contributed by atoms with E-state index in [1.54, 1.807) is 32.0 Å². The van der Waals surface area contributed by atoms with Gasteiger partial charge in [0.2, 0.25) is 37.7 Å². The van der Waals surface area contributed by atoms with Crippen molar-refractivity contribution in [2.24, 2.45) is 11.3 Å². The van der Waals surface area contributed by atoms with Gasteiger partial charge in [0.15, 0.2) is 0 Å². The molecule has 2 saturated carbocycles. The first kappa shape index (κ1) is 39.8. The third kappa shape index (κ3) is 8.17. The number of carbonyl (C=O) groups excluding carboxylic acids is 3. The maximum atomic E-state index is 14.8. The molecular weight excluding hydrogens is 784 g/mol. The van der Waals surface area contributed by atoms with Crippen LogP contribution in [0.3, 0.4) is 0 Å². The Hall–Kier alpha value is -4.45. The van der Waals surface area contributed by atoms with Gasteiger partial charge in [-0.25, -0.2) is 26.1 Å². The normalized spacial score (nSPS) is 23.2. The fraction of sp³-hybridized carbons (Fsp3) is 0.474. The van der Waals surface area contributed by atoms with Crippen molar-refractivity contribution in [3.8, 4) is 11.6 Å². The van der Waals surface area contributed by atoms with Crippen molar-refractivity contribution in [2.75, 3.05) is 33.1 Å². The minimum Gasteiger partial charge on any atom is -0.494 e. The van der Waals surface area contributed by atoms with Crippen LogP contribution in [0.2, 0.25) is 5.02 Å². The molecule has 1 aliphatic heterocycles. The monoisotopic (exact) mass is 831 g/mol. The van der Waals surface area contributed by atoms with Crippen molar-refractivity contribution >= 4 is 65.8 Å². The van der Waals surface area contributed by atoms with E-state index >= 15 is 0 Å². The molecule has 3 fully saturated rings. The van der Waals surface area contributed by atoms with E-state index in [9.17, 15) is 31.2 Å². The minimum atomic E-state index is -3.94. The molecule has 3 aromatic rings. The number of carbonyl (C=O) groups is 3. The van der Waals surface area contributed by atoms with Crippen LogP contribution < -0.4 is 24.8 Å². The smallest absolute Gasteiger partial charge is 0.259 e. The van der Waals surface area contributed by atoms with Crippen molar-refractivity contribution in [1.29, 1.82) is 0 Å². The summed E-state index contributed by atoms with van der Waals surface area (Å²) < 4.78 is 74.4. The van der Waals surface area contributed by atoms with Gasteiger partial charge in [0.05, 0.1) is 30.0 Å². The number of methoxy groups -OCH3 is 1. The van der Waals surface area contributed by atoms with Crippen LogP contribution in [0.4, 0.5) is 5.69 Å². The first-order valence-corrected chi connectivity index (χ1v) is 21.3. The Morgan fingerprint density at radius 3 is 2.41 bits per heavy atom. The van der Waals surface area contributed by atoms with Crippen LogP contribution in [0.25, 0.3) is 10.8 Å². The Labute approximate surface area is 333 Å². The molecule has 2 heterocycles. The lowest BCUT2D eigenvalue weighted by Crippen LogP contribution is -2.58. The summed E-state index contributed by atoms with van der Waals surface area (Å²) in [5.41, 5.74) is -2.24. The van der Waals surface area contributed by atoms with E-state index in [-0.39, 0.29) is 37.1 Å². The second-order valence-electron chi connectivity index (χ2n) is 15.4. The van der Waals surface area contributed by atoms with Crippen LogP contribution in [0.5, 0.6) is 11.6 Å². The van der Waals surface area contributed by atoms with Gasteiger partial charge in [-0.15, -0.1) is 6.58 Å². The summed E-state index contributed by atoms with van der Waals surface area (Å²) in [6, 6.07) is 8.63. The predicted molar refractivity (Wildman–Crippen MR) is 211 cm³/mol. The molecule has 1 saturated heterocycles. The summed E-state index contributed by atoms with van der Waals surface area (Å²) in [5.74, 6) is -2.07. The molecule has 0 bridgehead atoms. The molecule has 3 N–H and O–H groups in total. The zero-order valence-corrected chi connectivity index (χ0v) is 34.1. The SMILES string of the molecule is [2H]CC(C)(C)[C@H](Nc1ccc(S(=O)(=O)N(C)C)cc1)C(=O)N1C[C@H](Oc2ncc(OC)c3ccc(Cl)cc23)C[C@H]1C(=O)N[C@]1(C(=O)NS(=O)(=O)C2CC2)C[C@H]1C=C. The number of hydrogen-bond donors (Lipinski definition) is 3. The molecular formula is C38H47ClN6O9S2. The maximum Gasteiger partial charge on any atom is 0.259 e. The third-order valence-corrected chi connectivity index (χ3v) is 14.2. The highest BCUT2D eigenvalue weighted by molar-refractivity contribution is 7.91. The number of hydrogen-bond acceptors (Lipinski definition) is 11. The number of pyridine rings is 1. The van der Waals surface area contributed by atoms with E-state index in [0.29, 0.717) is 40.1 Å². The lowest BCUT2D eigenvalue weighted by molar-refractivity contribution is -0.141. The van der Waals surface area contributed by atoms with E-state index < -0.39 is 78.1 Å². The predicted octanol–water partition coefficient (Wildman–Crippen LogP) is 3.69. The molecule has 3 amide bonds. The summed E-state index contributed by atoms with van der Waals surface area (Å²) in [6.07, 6.45) is 3.08. The molecule has 2 aromatic carbocycles. The van der Waals surface area contributed by atoms with Crippen molar-refractivity contribution in [3.63, 3.8) is 0 Å². The molecule has 15 nitrogen and oxygen atoms in total. The molecule has 56 heavy (non-hydrogen) atoms. The van der Waals surface area contributed by atoms with Gasteiger partial charge in [-0.05, 0) is 67.1 Å². The second kappa shape index (κ2) is 15.1. The summed E-state index contributed by atoms with van der Waals surface area (Å²) in [7, 11) is -3.34. The average molecular weight is 832 g/mol. The number of nitrogens with one attached hydrogen (secondary N) is 3. The van der Waals surface area contributed by atoms with Crippen LogP contribution in [-0.2, 0) is 34.4 Å². The average Bonchev–Trinajstić information content (AvgIpc) is 4.10. The number of amides is 3. The molecule has 18 heteroatoms. The summed E-state index contributed by atoms with van der Waals surface area (Å²) in [5, 5.41) is 6.89. The van der Waals surface area contributed by atoms with Crippen LogP contribution in [-0.4, -0.2) is 105 Å². The molecule has 0 unspecified atom stereocenters. The summed E-state index contributed by atoms with van der Waals surface area (Å²) >= 11 is 6.35. The first-order valence-electron chi connectivity index (χ1n) is 18.7. The quantitative estimate of drug-likeness (QED) is 0.201. The van der Waals surface area contributed by atoms with Gasteiger partial charge < -0.3 is 25.0 Å². The van der Waals surface area contributed by atoms with Gasteiger partial charge in [-0.2, -0.15) is 0 Å². The van der Waals surface area contributed by atoms with Gasteiger partial charge >= 0.3 is 0 Å². The zero-order valence-electron chi connectivity index (χ0n) is 32.7. The standard InChI is InChI=1S/C38H47ClN6O9S2/c1-8-22-19-38(22,36(48)43-55(49,50)26-14-15-26)42-33(46)30-18-25(54-34-29-17-23(39)9-16-28(29)31(53-7)20-40-34)21-45(30)35(47)32(37(2,3)4)41-24-10-12-27(13-11-24)56(51,52)44(5)6/h8-13,16-17,20,22,25-26,30,32,41H,1,14-15,18-19,21H2,2-7H3,(H,42,46)(H,43,48)/t22-,25-,30+,32-,38-/m1/s1/i2D. The van der Waals surface area contributed by atoms with Crippen molar-refractivity contribution in [3.05, 3.63) is 66.3 Å². The van der Waals surface area contributed by atoms with Crippen LogP contribution in [0, 0.1) is 11.3 Å². The number of likely N-dealkylation sites (tertiary alicyclic amines) is 1. The molecule has 5 atom stereocenters. The zero-order chi connectivity index (χ0) is 41.7. The topological polar surface area (TPSA) is 193 Å². The Kier molecular flexibility index (Phi) is 10.8. The van der Waals surface area contributed by atoms with Gasteiger partial charge in [-0.3, -0.25) is 19.1 Å². The number of aromatic nitrogens is 1. The molecule has 6 rings (SSSR count). The minimum absolute atomic E-state index is 0.0405. The fourth-order valence-corrected chi connectivity index (χ4v) is 9.27. The van der Waals surface area contributed by atoms with Gasteiger partial charge in [-0.1, -0.05) is 38.4 Å². The molecule has 0 radical (unpaired) electrons. The van der Waals surface area contributed by atoms with E-state index in [2.05, 4.69) is 26.9 Å². The van der Waals surface area contributed by atoms with Crippen molar-refractivity contribution in [2.45, 2.75) is 80.3 Å². The molecule has 302 valence electrons. The fourth-order valence-electron chi connectivity index (χ4n) is 6.83. The number of benzene rings is 2. The summed E-state index contributed by atoms with van der Waals surface area (Å²) in [6.45, 7) is 6.88. The second-order valence-corrected chi connectivity index (χ2v) is 19.9. The van der Waals surface area contributed by atoms with E-state index in [1.165, 1.54) is 62.6 Å². The Morgan fingerprint density at radius 2 is 1.82 bits per heavy atom. The Bertz CT molecular complexity index is 2310. The van der Waals surface area contributed by atoms with Gasteiger partial charge in [0.25, 0.3) is 5.91 Å². The van der Waals surface area contributed by atoms with Gasteiger partial charge in [0, 0.05) is 49.3 Å². The van der Waals surface area contributed by atoms with E-state index in [1.807, 2.05) is 0 Å². The number of sulfonamides is 2. The number of rotatable bonds is 14. The molecule has 2 aliphatic carbocycles. The molecule has 1 aromatic heterocycles. The van der Waals surface area contributed by atoms with Gasteiger partial charge in [0.1, 0.15) is 29.5 Å². The Balaban J connectivity index is 1.33. The number of halogens is 1. The van der Waals surface area contributed by atoms with Crippen molar-refractivity contribution < 1.29 is 42.1 Å². The number of anilines is 1. The lowest BCUT2D eigenvalue weighted by atomic mass is 9.85. The summed E-state index contributed by atoms with van der Waals surface area (Å²) in [4.78, 5) is 48.7. The number of fused-ring (bicyclic) bond motifs is 1. The molecule has 0 spiro atoms. The first-order chi connectivity index (χ1) is 26.8. The number of ether oxygens (including phenoxy) is 2. The van der Waals surface area contributed by atoms with Crippen LogP contribution >= 0.6 is 11.6 Å². The van der Waals surface area contributed by atoms with E-state index in [4.69, 9.17) is 22.4 Å². The highest BCUT2D eigenvalue weighted by Crippen LogP contribution is 2.46. The van der Waals surface area contributed by atoms with Crippen LogP contribution in [0.15, 0.2) is 66.2 Å².